The average molecular weight is 186 g/mol. The van der Waals surface area contributed by atoms with Crippen molar-refractivity contribution >= 4 is 5.97 Å². The van der Waals surface area contributed by atoms with Gasteiger partial charge >= 0.3 is 5.97 Å². The molecule has 0 spiro atoms. The van der Waals surface area contributed by atoms with E-state index < -0.39 is 6.10 Å². The van der Waals surface area contributed by atoms with Crippen LogP contribution in [0.25, 0.3) is 0 Å². The fraction of sp³-hybridized carbons (Fsp3) is 0.900. The van der Waals surface area contributed by atoms with E-state index in [2.05, 4.69) is 6.92 Å². The molecule has 0 aliphatic heterocycles. The first kappa shape index (κ1) is 10.5. The minimum absolute atomic E-state index is 0.234. The Labute approximate surface area is 79.1 Å². The van der Waals surface area contributed by atoms with E-state index in [4.69, 9.17) is 4.74 Å². The van der Waals surface area contributed by atoms with Crippen LogP contribution in [-0.2, 0) is 9.53 Å². The van der Waals surface area contributed by atoms with Crippen molar-refractivity contribution < 1.29 is 14.6 Å². The average Bonchev–Trinajstić information content (AvgIpc) is 2.04. The second-order valence-electron chi connectivity index (χ2n) is 3.84. The molecule has 0 unspecified atom stereocenters. The fourth-order valence-corrected chi connectivity index (χ4v) is 1.88. The number of hydrogen-bond donors (Lipinski definition) is 1. The van der Waals surface area contributed by atoms with E-state index >= 15 is 0 Å². The fourth-order valence-electron chi connectivity index (χ4n) is 1.88. The molecule has 1 saturated carbocycles. The highest BCUT2D eigenvalue weighted by Gasteiger charge is 2.33. The lowest BCUT2D eigenvalue weighted by atomic mass is 9.81. The summed E-state index contributed by atoms with van der Waals surface area (Å²) in [6.45, 7) is 4.29. The van der Waals surface area contributed by atoms with Crippen LogP contribution in [0.5, 0.6) is 0 Å². The van der Waals surface area contributed by atoms with Crippen molar-refractivity contribution in [1.29, 1.82) is 0 Å². The van der Waals surface area contributed by atoms with Crippen LogP contribution in [-0.4, -0.2) is 23.8 Å². The summed E-state index contributed by atoms with van der Waals surface area (Å²) in [6.07, 6.45) is 2.01. The van der Waals surface area contributed by atoms with Crippen molar-refractivity contribution in [3.8, 4) is 0 Å². The molecule has 0 bridgehead atoms. The normalized spacial score (nSPS) is 34.2. The van der Waals surface area contributed by atoms with Crippen molar-refractivity contribution in [3.63, 3.8) is 0 Å². The number of rotatable bonds is 2. The molecule has 3 heteroatoms. The van der Waals surface area contributed by atoms with E-state index in [9.17, 15) is 9.90 Å². The van der Waals surface area contributed by atoms with Crippen molar-refractivity contribution in [1.82, 2.24) is 0 Å². The highest BCUT2D eigenvalue weighted by Crippen LogP contribution is 2.29. The highest BCUT2D eigenvalue weighted by atomic mass is 16.5. The van der Waals surface area contributed by atoms with E-state index in [-0.39, 0.29) is 11.9 Å². The van der Waals surface area contributed by atoms with Crippen LogP contribution in [0.1, 0.15) is 33.1 Å². The molecule has 1 rings (SSSR count). The summed E-state index contributed by atoms with van der Waals surface area (Å²) in [6, 6.07) is 0. The van der Waals surface area contributed by atoms with Crippen molar-refractivity contribution in [2.24, 2.45) is 11.8 Å². The van der Waals surface area contributed by atoms with Gasteiger partial charge in [0.05, 0.1) is 18.6 Å². The molecule has 13 heavy (non-hydrogen) atoms. The summed E-state index contributed by atoms with van der Waals surface area (Å²) in [5.41, 5.74) is 0. The molecule has 1 aliphatic carbocycles. The number of carbonyl (C=O) groups excluding carboxylic acids is 1. The van der Waals surface area contributed by atoms with Gasteiger partial charge in [0.2, 0.25) is 0 Å². The molecule has 0 radical (unpaired) electrons. The van der Waals surface area contributed by atoms with Gasteiger partial charge in [-0.3, -0.25) is 4.79 Å². The minimum atomic E-state index is -0.497. The van der Waals surface area contributed by atoms with Gasteiger partial charge in [-0.2, -0.15) is 0 Å². The lowest BCUT2D eigenvalue weighted by molar-refractivity contribution is -0.154. The predicted octanol–water partition coefficient (Wildman–Crippen LogP) is 1.35. The molecule has 3 nitrogen and oxygen atoms in total. The van der Waals surface area contributed by atoms with Gasteiger partial charge in [-0.05, 0) is 32.1 Å². The molecule has 1 N–H and O–H groups in total. The van der Waals surface area contributed by atoms with Gasteiger partial charge in [0.25, 0.3) is 0 Å². The molecular weight excluding hydrogens is 168 g/mol. The zero-order valence-electron chi connectivity index (χ0n) is 8.32. The van der Waals surface area contributed by atoms with Gasteiger partial charge in [0.1, 0.15) is 0 Å². The Morgan fingerprint density at radius 3 is 2.77 bits per heavy atom. The summed E-state index contributed by atoms with van der Waals surface area (Å²) >= 11 is 0. The minimum Gasteiger partial charge on any atom is -0.466 e. The largest absolute Gasteiger partial charge is 0.466 e. The maximum atomic E-state index is 11.3. The smallest absolute Gasteiger partial charge is 0.311 e. The third-order valence-electron chi connectivity index (χ3n) is 2.67. The summed E-state index contributed by atoms with van der Waals surface area (Å²) in [7, 11) is 0. The molecular formula is C10H18O3. The SMILES string of the molecule is CCOC(=O)[C@@H]1CC[C@@H](C)C[C@@H]1O. The molecule has 0 heterocycles. The maximum Gasteiger partial charge on any atom is 0.311 e. The number of esters is 1. The number of carbonyl (C=O) groups is 1. The van der Waals surface area contributed by atoms with Gasteiger partial charge in [0, 0.05) is 0 Å². The summed E-state index contributed by atoms with van der Waals surface area (Å²) < 4.78 is 4.89. The summed E-state index contributed by atoms with van der Waals surface area (Å²) in [5, 5.41) is 9.64. The van der Waals surface area contributed by atoms with E-state index in [1.54, 1.807) is 6.92 Å². The zero-order chi connectivity index (χ0) is 9.84. The number of aliphatic hydroxyl groups is 1. The molecule has 0 saturated heterocycles. The van der Waals surface area contributed by atoms with Crippen LogP contribution in [0.3, 0.4) is 0 Å². The van der Waals surface area contributed by atoms with E-state index in [0.29, 0.717) is 12.5 Å². The predicted molar refractivity (Wildman–Crippen MR) is 49.1 cm³/mol. The Hall–Kier alpha value is -0.570. The van der Waals surface area contributed by atoms with Crippen LogP contribution < -0.4 is 0 Å². The Morgan fingerprint density at radius 1 is 1.54 bits per heavy atom. The Morgan fingerprint density at radius 2 is 2.23 bits per heavy atom. The van der Waals surface area contributed by atoms with Gasteiger partial charge < -0.3 is 9.84 Å². The van der Waals surface area contributed by atoms with Gasteiger partial charge in [-0.1, -0.05) is 6.92 Å². The Balaban J connectivity index is 2.45. The van der Waals surface area contributed by atoms with Crippen LogP contribution in [0.15, 0.2) is 0 Å². The second kappa shape index (κ2) is 4.61. The van der Waals surface area contributed by atoms with Gasteiger partial charge in [0.15, 0.2) is 0 Å². The van der Waals surface area contributed by atoms with Crippen LogP contribution in [0.2, 0.25) is 0 Å². The quantitative estimate of drug-likeness (QED) is 0.662. The van der Waals surface area contributed by atoms with Crippen LogP contribution >= 0.6 is 0 Å². The Bertz CT molecular complexity index is 179. The number of aliphatic hydroxyl groups excluding tert-OH is 1. The molecule has 0 aromatic heterocycles. The first-order chi connectivity index (χ1) is 6.15. The van der Waals surface area contributed by atoms with E-state index in [1.165, 1.54) is 0 Å². The monoisotopic (exact) mass is 186 g/mol. The molecule has 1 fully saturated rings. The zero-order valence-corrected chi connectivity index (χ0v) is 8.32. The second-order valence-corrected chi connectivity index (χ2v) is 3.84. The van der Waals surface area contributed by atoms with Crippen LogP contribution in [0.4, 0.5) is 0 Å². The number of ether oxygens (including phenoxy) is 1. The molecule has 1 aliphatic rings. The molecule has 0 aromatic carbocycles. The standard InChI is InChI=1S/C10H18O3/c1-3-13-10(12)8-5-4-7(2)6-9(8)11/h7-9,11H,3-6H2,1-2H3/t7-,8-,9+/m1/s1. The van der Waals surface area contributed by atoms with Crippen molar-refractivity contribution in [2.75, 3.05) is 6.61 Å². The third-order valence-corrected chi connectivity index (χ3v) is 2.67. The van der Waals surface area contributed by atoms with Crippen LogP contribution in [0, 0.1) is 11.8 Å². The highest BCUT2D eigenvalue weighted by molar-refractivity contribution is 5.73. The summed E-state index contributed by atoms with van der Waals surface area (Å²) in [4.78, 5) is 11.3. The van der Waals surface area contributed by atoms with Crippen molar-refractivity contribution in [3.05, 3.63) is 0 Å². The van der Waals surface area contributed by atoms with Gasteiger partial charge in [-0.25, -0.2) is 0 Å². The lowest BCUT2D eigenvalue weighted by Crippen LogP contribution is -2.35. The first-order valence-corrected chi connectivity index (χ1v) is 4.99. The topological polar surface area (TPSA) is 46.5 Å². The molecule has 0 amide bonds. The number of hydrogen-bond acceptors (Lipinski definition) is 3. The summed E-state index contributed by atoms with van der Waals surface area (Å²) in [5.74, 6) is 0.0127. The molecule has 0 aromatic rings. The third kappa shape index (κ3) is 2.69. The Kier molecular flexibility index (Phi) is 3.72. The maximum absolute atomic E-state index is 11.3. The van der Waals surface area contributed by atoms with Crippen molar-refractivity contribution in [2.45, 2.75) is 39.2 Å². The first-order valence-electron chi connectivity index (χ1n) is 4.99. The lowest BCUT2D eigenvalue weighted by Gasteiger charge is -2.29. The van der Waals surface area contributed by atoms with E-state index in [0.717, 1.165) is 19.3 Å². The van der Waals surface area contributed by atoms with E-state index in [1.807, 2.05) is 0 Å². The molecule has 3 atom stereocenters. The molecule has 76 valence electrons. The van der Waals surface area contributed by atoms with Gasteiger partial charge in [-0.15, -0.1) is 0 Å².